The molecule has 19 heavy (non-hydrogen) atoms. The number of benzene rings is 1. The SMILES string of the molecule is CCOc1cccc(C(C)NC(=O)C(C)C(C)N)c1. The van der Waals surface area contributed by atoms with Gasteiger partial charge in [0.15, 0.2) is 0 Å². The van der Waals surface area contributed by atoms with E-state index in [-0.39, 0.29) is 23.9 Å². The zero-order valence-electron chi connectivity index (χ0n) is 12.1. The number of hydrogen-bond acceptors (Lipinski definition) is 3. The Kier molecular flexibility index (Phi) is 5.83. The lowest BCUT2D eigenvalue weighted by Gasteiger charge is -2.20. The Balaban J connectivity index is 2.69. The maximum absolute atomic E-state index is 12.0. The summed E-state index contributed by atoms with van der Waals surface area (Å²) in [6, 6.07) is 7.55. The summed E-state index contributed by atoms with van der Waals surface area (Å²) in [5.74, 6) is 0.600. The highest BCUT2D eigenvalue weighted by molar-refractivity contribution is 5.79. The van der Waals surface area contributed by atoms with E-state index in [1.165, 1.54) is 0 Å². The Labute approximate surface area is 115 Å². The van der Waals surface area contributed by atoms with Crippen molar-refractivity contribution in [1.82, 2.24) is 5.32 Å². The van der Waals surface area contributed by atoms with E-state index < -0.39 is 0 Å². The molecule has 0 radical (unpaired) electrons. The largest absolute Gasteiger partial charge is 0.494 e. The molecule has 1 aromatic rings. The third-order valence-corrected chi connectivity index (χ3v) is 3.23. The first-order valence-corrected chi connectivity index (χ1v) is 6.74. The summed E-state index contributed by atoms with van der Waals surface area (Å²) in [6.07, 6.45) is 0. The molecule has 3 N–H and O–H groups in total. The van der Waals surface area contributed by atoms with Crippen molar-refractivity contribution in [1.29, 1.82) is 0 Å². The molecule has 0 bridgehead atoms. The van der Waals surface area contributed by atoms with Gasteiger partial charge in [-0.25, -0.2) is 0 Å². The summed E-state index contributed by atoms with van der Waals surface area (Å²) in [4.78, 5) is 12.0. The molecule has 0 fully saturated rings. The minimum Gasteiger partial charge on any atom is -0.494 e. The van der Waals surface area contributed by atoms with Gasteiger partial charge in [0.05, 0.1) is 12.6 Å². The number of carbonyl (C=O) groups is 1. The van der Waals surface area contributed by atoms with Crippen LogP contribution in [0.3, 0.4) is 0 Å². The van der Waals surface area contributed by atoms with Crippen LogP contribution in [0.4, 0.5) is 0 Å². The van der Waals surface area contributed by atoms with E-state index >= 15 is 0 Å². The van der Waals surface area contributed by atoms with E-state index in [1.54, 1.807) is 0 Å². The molecule has 0 spiro atoms. The second-order valence-corrected chi connectivity index (χ2v) is 4.88. The summed E-state index contributed by atoms with van der Waals surface area (Å²) in [7, 11) is 0. The Bertz CT molecular complexity index is 418. The second-order valence-electron chi connectivity index (χ2n) is 4.88. The van der Waals surface area contributed by atoms with Gasteiger partial charge in [-0.3, -0.25) is 4.79 Å². The summed E-state index contributed by atoms with van der Waals surface area (Å²) in [5.41, 5.74) is 6.76. The van der Waals surface area contributed by atoms with Gasteiger partial charge in [-0.05, 0) is 38.5 Å². The lowest BCUT2D eigenvalue weighted by molar-refractivity contribution is -0.125. The third-order valence-electron chi connectivity index (χ3n) is 3.23. The van der Waals surface area contributed by atoms with Gasteiger partial charge in [-0.2, -0.15) is 0 Å². The fraction of sp³-hybridized carbons (Fsp3) is 0.533. The van der Waals surface area contributed by atoms with Gasteiger partial charge in [-0.15, -0.1) is 0 Å². The first kappa shape index (κ1) is 15.5. The van der Waals surface area contributed by atoms with Gasteiger partial charge in [0.25, 0.3) is 0 Å². The van der Waals surface area contributed by atoms with Crippen molar-refractivity contribution < 1.29 is 9.53 Å². The minimum absolute atomic E-state index is 0.0238. The molecule has 3 atom stereocenters. The average Bonchev–Trinajstić information content (AvgIpc) is 2.38. The number of ether oxygens (including phenoxy) is 1. The maximum Gasteiger partial charge on any atom is 0.224 e. The number of amides is 1. The van der Waals surface area contributed by atoms with E-state index in [0.29, 0.717) is 6.61 Å². The standard InChI is InChI=1S/C15H24N2O2/c1-5-19-14-8-6-7-13(9-14)12(4)17-15(18)10(2)11(3)16/h6-12H,5,16H2,1-4H3,(H,17,18). The number of hydrogen-bond donors (Lipinski definition) is 2. The van der Waals surface area contributed by atoms with Gasteiger partial charge in [0, 0.05) is 12.0 Å². The first-order valence-electron chi connectivity index (χ1n) is 6.74. The predicted molar refractivity (Wildman–Crippen MR) is 77.0 cm³/mol. The molecule has 0 aromatic heterocycles. The molecule has 0 aliphatic carbocycles. The quantitative estimate of drug-likeness (QED) is 0.828. The van der Waals surface area contributed by atoms with E-state index in [0.717, 1.165) is 11.3 Å². The molecular weight excluding hydrogens is 240 g/mol. The maximum atomic E-state index is 12.0. The fourth-order valence-corrected chi connectivity index (χ4v) is 1.71. The lowest BCUT2D eigenvalue weighted by Crippen LogP contribution is -2.39. The molecule has 0 heterocycles. The Morgan fingerprint density at radius 3 is 2.63 bits per heavy atom. The lowest BCUT2D eigenvalue weighted by atomic mass is 10.0. The highest BCUT2D eigenvalue weighted by Gasteiger charge is 2.19. The minimum atomic E-state index is -0.197. The van der Waals surface area contributed by atoms with E-state index in [2.05, 4.69) is 5.32 Å². The van der Waals surface area contributed by atoms with Gasteiger partial charge in [0.2, 0.25) is 5.91 Å². The van der Waals surface area contributed by atoms with Gasteiger partial charge in [-0.1, -0.05) is 19.1 Å². The van der Waals surface area contributed by atoms with Gasteiger partial charge < -0.3 is 15.8 Å². The van der Waals surface area contributed by atoms with Crippen molar-refractivity contribution >= 4 is 5.91 Å². The molecule has 1 aromatic carbocycles. The van der Waals surface area contributed by atoms with Crippen LogP contribution in [-0.2, 0) is 4.79 Å². The Hall–Kier alpha value is -1.55. The zero-order valence-corrected chi connectivity index (χ0v) is 12.1. The van der Waals surface area contributed by atoms with Crippen LogP contribution in [0.25, 0.3) is 0 Å². The van der Waals surface area contributed by atoms with Gasteiger partial charge in [0.1, 0.15) is 5.75 Å². The van der Waals surface area contributed by atoms with Crippen molar-refractivity contribution in [3.8, 4) is 5.75 Å². The summed E-state index contributed by atoms with van der Waals surface area (Å²) in [5, 5.41) is 2.97. The molecule has 4 nitrogen and oxygen atoms in total. The van der Waals surface area contributed by atoms with Crippen LogP contribution in [-0.4, -0.2) is 18.6 Å². The topological polar surface area (TPSA) is 64.3 Å². The predicted octanol–water partition coefficient (Wildman–Crippen LogP) is 2.25. The van der Waals surface area contributed by atoms with Gasteiger partial charge >= 0.3 is 0 Å². The molecule has 106 valence electrons. The van der Waals surface area contributed by atoms with Crippen LogP contribution in [0.1, 0.15) is 39.3 Å². The smallest absolute Gasteiger partial charge is 0.224 e. The number of carbonyl (C=O) groups excluding carboxylic acids is 1. The fourth-order valence-electron chi connectivity index (χ4n) is 1.71. The van der Waals surface area contributed by atoms with Crippen molar-refractivity contribution in [2.45, 2.75) is 39.8 Å². The van der Waals surface area contributed by atoms with Crippen LogP contribution in [0.5, 0.6) is 5.75 Å². The zero-order chi connectivity index (χ0) is 14.4. The van der Waals surface area contributed by atoms with Crippen molar-refractivity contribution in [2.24, 2.45) is 11.7 Å². The van der Waals surface area contributed by atoms with Crippen molar-refractivity contribution in [3.63, 3.8) is 0 Å². The Morgan fingerprint density at radius 1 is 1.37 bits per heavy atom. The number of nitrogens with one attached hydrogen (secondary N) is 1. The van der Waals surface area contributed by atoms with E-state index in [4.69, 9.17) is 10.5 Å². The molecular formula is C15H24N2O2. The Morgan fingerprint density at radius 2 is 2.05 bits per heavy atom. The van der Waals surface area contributed by atoms with E-state index in [9.17, 15) is 4.79 Å². The van der Waals surface area contributed by atoms with Crippen LogP contribution in [0, 0.1) is 5.92 Å². The second kappa shape index (κ2) is 7.14. The average molecular weight is 264 g/mol. The highest BCUT2D eigenvalue weighted by atomic mass is 16.5. The molecule has 0 saturated carbocycles. The molecule has 0 aliphatic heterocycles. The summed E-state index contributed by atoms with van der Waals surface area (Å²) >= 11 is 0. The van der Waals surface area contributed by atoms with Crippen LogP contribution in [0.15, 0.2) is 24.3 Å². The molecule has 1 amide bonds. The normalized spacial score (nSPS) is 15.4. The van der Waals surface area contributed by atoms with Crippen LogP contribution >= 0.6 is 0 Å². The molecule has 1 rings (SSSR count). The number of nitrogens with two attached hydrogens (primary N) is 1. The molecule has 0 aliphatic rings. The van der Waals surface area contributed by atoms with Crippen LogP contribution in [0.2, 0.25) is 0 Å². The first-order chi connectivity index (χ1) is 8.95. The van der Waals surface area contributed by atoms with E-state index in [1.807, 2.05) is 52.0 Å². The molecule has 4 heteroatoms. The van der Waals surface area contributed by atoms with Crippen molar-refractivity contribution in [2.75, 3.05) is 6.61 Å². The summed E-state index contributed by atoms with van der Waals surface area (Å²) in [6.45, 7) is 8.21. The third kappa shape index (κ3) is 4.56. The number of rotatable bonds is 6. The molecule has 0 saturated heterocycles. The molecule has 3 unspecified atom stereocenters. The van der Waals surface area contributed by atoms with Crippen LogP contribution < -0.4 is 15.8 Å². The monoisotopic (exact) mass is 264 g/mol. The highest BCUT2D eigenvalue weighted by Crippen LogP contribution is 2.19. The summed E-state index contributed by atoms with van der Waals surface area (Å²) < 4.78 is 5.45. The van der Waals surface area contributed by atoms with Crippen molar-refractivity contribution in [3.05, 3.63) is 29.8 Å².